The first-order chi connectivity index (χ1) is 13.6. The van der Waals surface area contributed by atoms with Crippen LogP contribution in [-0.4, -0.2) is 6.04 Å². The van der Waals surface area contributed by atoms with E-state index in [1.165, 1.54) is 22.3 Å². The lowest BCUT2D eigenvalue weighted by atomic mass is 10.1. The quantitative estimate of drug-likeness (QED) is 0.415. The lowest BCUT2D eigenvalue weighted by molar-refractivity contribution is 0.301. The number of aryl methyl sites for hydroxylation is 2. The van der Waals surface area contributed by atoms with Crippen molar-refractivity contribution in [1.29, 1.82) is 0 Å². The second-order valence-electron chi connectivity index (χ2n) is 7.34. The molecular weight excluding hydrogens is 410 g/mol. The third-order valence-electron chi connectivity index (χ3n) is 4.85. The largest absolute Gasteiger partial charge is 0.489 e. The normalized spacial score (nSPS) is 12.0. The van der Waals surface area contributed by atoms with E-state index in [0.717, 1.165) is 29.6 Å². The van der Waals surface area contributed by atoms with Crippen molar-refractivity contribution in [2.75, 3.05) is 0 Å². The summed E-state index contributed by atoms with van der Waals surface area (Å²) >= 11 is 3.59. The van der Waals surface area contributed by atoms with Gasteiger partial charge in [0.25, 0.3) is 0 Å². The summed E-state index contributed by atoms with van der Waals surface area (Å²) in [6.45, 7) is 5.72. The van der Waals surface area contributed by atoms with Gasteiger partial charge in [-0.1, -0.05) is 76.1 Å². The maximum Gasteiger partial charge on any atom is 0.124 e. The van der Waals surface area contributed by atoms with Gasteiger partial charge in [-0.05, 0) is 56.0 Å². The molecule has 146 valence electrons. The Morgan fingerprint density at radius 1 is 0.929 bits per heavy atom. The van der Waals surface area contributed by atoms with Crippen LogP contribution in [0.1, 0.15) is 35.6 Å². The maximum atomic E-state index is 6.13. The second kappa shape index (κ2) is 10.4. The highest BCUT2D eigenvalue weighted by atomic mass is 79.9. The second-order valence-corrected chi connectivity index (χ2v) is 8.25. The van der Waals surface area contributed by atoms with Crippen LogP contribution < -0.4 is 10.1 Å². The van der Waals surface area contributed by atoms with Gasteiger partial charge in [-0.15, -0.1) is 0 Å². The van der Waals surface area contributed by atoms with Crippen LogP contribution in [0.3, 0.4) is 0 Å². The Morgan fingerprint density at radius 2 is 1.71 bits per heavy atom. The van der Waals surface area contributed by atoms with Crippen molar-refractivity contribution in [2.24, 2.45) is 0 Å². The van der Waals surface area contributed by atoms with Crippen molar-refractivity contribution < 1.29 is 4.74 Å². The van der Waals surface area contributed by atoms with Crippen molar-refractivity contribution in [1.82, 2.24) is 5.32 Å². The fourth-order valence-electron chi connectivity index (χ4n) is 3.20. The topological polar surface area (TPSA) is 21.3 Å². The summed E-state index contributed by atoms with van der Waals surface area (Å²) in [5.41, 5.74) is 5.01. The lowest BCUT2D eigenvalue weighted by Crippen LogP contribution is -2.26. The Balaban J connectivity index is 1.56. The highest BCUT2D eigenvalue weighted by molar-refractivity contribution is 9.10. The number of benzene rings is 3. The number of rotatable bonds is 9. The molecule has 0 bridgehead atoms. The first-order valence-electron chi connectivity index (χ1n) is 9.84. The van der Waals surface area contributed by atoms with Crippen LogP contribution >= 0.6 is 15.9 Å². The molecule has 0 saturated heterocycles. The van der Waals surface area contributed by atoms with E-state index in [2.05, 4.69) is 95.8 Å². The molecule has 2 nitrogen and oxygen atoms in total. The van der Waals surface area contributed by atoms with E-state index in [9.17, 15) is 0 Å². The summed E-state index contributed by atoms with van der Waals surface area (Å²) in [6, 6.07) is 25.8. The van der Waals surface area contributed by atoms with Crippen molar-refractivity contribution >= 4 is 15.9 Å². The van der Waals surface area contributed by atoms with Gasteiger partial charge >= 0.3 is 0 Å². The minimum Gasteiger partial charge on any atom is -0.489 e. The molecule has 3 rings (SSSR count). The molecule has 28 heavy (non-hydrogen) atoms. The first kappa shape index (κ1) is 20.6. The van der Waals surface area contributed by atoms with Crippen LogP contribution in [-0.2, 0) is 19.6 Å². The van der Waals surface area contributed by atoms with Crippen LogP contribution in [0.15, 0.2) is 77.3 Å². The van der Waals surface area contributed by atoms with Crippen molar-refractivity contribution in [3.63, 3.8) is 0 Å². The summed E-state index contributed by atoms with van der Waals surface area (Å²) in [6.07, 6.45) is 2.20. The average Bonchev–Trinajstić information content (AvgIpc) is 2.71. The van der Waals surface area contributed by atoms with E-state index in [1.54, 1.807) is 0 Å². The van der Waals surface area contributed by atoms with Gasteiger partial charge in [-0.2, -0.15) is 0 Å². The van der Waals surface area contributed by atoms with E-state index < -0.39 is 0 Å². The smallest absolute Gasteiger partial charge is 0.124 e. The minimum absolute atomic E-state index is 0.434. The molecule has 0 aliphatic rings. The molecule has 0 spiro atoms. The van der Waals surface area contributed by atoms with Gasteiger partial charge in [0.05, 0.1) is 0 Å². The molecule has 0 saturated carbocycles. The Hall–Kier alpha value is -2.10. The number of hydrogen-bond donors (Lipinski definition) is 1. The fraction of sp³-hybridized carbons (Fsp3) is 0.280. The van der Waals surface area contributed by atoms with Gasteiger partial charge in [-0.25, -0.2) is 0 Å². The fourth-order valence-corrected chi connectivity index (χ4v) is 3.61. The van der Waals surface area contributed by atoms with Gasteiger partial charge in [0.1, 0.15) is 12.4 Å². The molecule has 0 aliphatic carbocycles. The Morgan fingerprint density at radius 3 is 2.50 bits per heavy atom. The van der Waals surface area contributed by atoms with Gasteiger partial charge in [0.15, 0.2) is 0 Å². The monoisotopic (exact) mass is 437 g/mol. The minimum atomic E-state index is 0.434. The van der Waals surface area contributed by atoms with Crippen molar-refractivity contribution in [3.8, 4) is 5.75 Å². The first-order valence-corrected chi connectivity index (χ1v) is 10.6. The summed E-state index contributed by atoms with van der Waals surface area (Å²) in [5.74, 6) is 0.937. The molecule has 3 aromatic rings. The number of halogens is 1. The third kappa shape index (κ3) is 6.50. The maximum absolute atomic E-state index is 6.13. The molecule has 0 aromatic heterocycles. The summed E-state index contributed by atoms with van der Waals surface area (Å²) in [5, 5.41) is 3.64. The molecule has 0 unspecified atom stereocenters. The van der Waals surface area contributed by atoms with Crippen LogP contribution in [0.4, 0.5) is 0 Å². The molecule has 3 aromatic carbocycles. The molecule has 0 fully saturated rings. The number of hydrogen-bond acceptors (Lipinski definition) is 2. The lowest BCUT2D eigenvalue weighted by Gasteiger charge is -2.17. The van der Waals surface area contributed by atoms with Crippen molar-refractivity contribution in [3.05, 3.63) is 99.5 Å². The highest BCUT2D eigenvalue weighted by Gasteiger charge is 2.08. The SMILES string of the molecule is Cc1cccc(COc2ccc(Br)cc2CN[C@@H](C)CCc2ccccc2)c1. The van der Waals surface area contributed by atoms with E-state index >= 15 is 0 Å². The van der Waals surface area contributed by atoms with Crippen LogP contribution in [0, 0.1) is 6.92 Å². The van der Waals surface area contributed by atoms with Gasteiger partial charge in [0, 0.05) is 22.6 Å². The summed E-state index contributed by atoms with van der Waals surface area (Å²) < 4.78 is 7.21. The predicted molar refractivity (Wildman–Crippen MR) is 121 cm³/mol. The molecule has 0 aliphatic heterocycles. The predicted octanol–water partition coefficient (Wildman–Crippen LogP) is 6.45. The van der Waals surface area contributed by atoms with E-state index in [-0.39, 0.29) is 0 Å². The molecule has 0 amide bonds. The average molecular weight is 438 g/mol. The Kier molecular flexibility index (Phi) is 7.70. The highest BCUT2D eigenvalue weighted by Crippen LogP contribution is 2.24. The van der Waals surface area contributed by atoms with Gasteiger partial charge in [-0.3, -0.25) is 0 Å². The number of nitrogens with one attached hydrogen (secondary N) is 1. The zero-order valence-electron chi connectivity index (χ0n) is 16.6. The van der Waals surface area contributed by atoms with Crippen LogP contribution in [0.2, 0.25) is 0 Å². The summed E-state index contributed by atoms with van der Waals surface area (Å²) in [7, 11) is 0. The third-order valence-corrected chi connectivity index (χ3v) is 5.34. The van der Waals surface area contributed by atoms with E-state index in [4.69, 9.17) is 4.74 Å². The molecular formula is C25H28BrNO. The van der Waals surface area contributed by atoms with Crippen molar-refractivity contribution in [2.45, 2.75) is 45.9 Å². The zero-order valence-corrected chi connectivity index (χ0v) is 18.2. The Labute approximate surface area is 177 Å². The molecule has 0 radical (unpaired) electrons. The summed E-state index contributed by atoms with van der Waals surface area (Å²) in [4.78, 5) is 0. The van der Waals surface area contributed by atoms with E-state index in [0.29, 0.717) is 12.6 Å². The van der Waals surface area contributed by atoms with Gasteiger partial charge < -0.3 is 10.1 Å². The zero-order chi connectivity index (χ0) is 19.8. The van der Waals surface area contributed by atoms with Crippen LogP contribution in [0.5, 0.6) is 5.75 Å². The van der Waals surface area contributed by atoms with E-state index in [1.807, 2.05) is 12.1 Å². The number of ether oxygens (including phenoxy) is 1. The molecule has 1 N–H and O–H groups in total. The van der Waals surface area contributed by atoms with Gasteiger partial charge in [0.2, 0.25) is 0 Å². The van der Waals surface area contributed by atoms with Crippen LogP contribution in [0.25, 0.3) is 0 Å². The Bertz CT molecular complexity index is 879. The molecule has 0 heterocycles. The standard InChI is InChI=1S/C25H28BrNO/c1-19-7-6-10-22(15-19)18-28-25-14-13-24(26)16-23(25)17-27-20(2)11-12-21-8-4-3-5-9-21/h3-10,13-16,20,27H,11-12,17-18H2,1-2H3/t20-/m0/s1. The molecule has 1 atom stereocenters. The molecule has 3 heteroatoms.